The molecule has 0 fully saturated rings. The lowest BCUT2D eigenvalue weighted by Crippen LogP contribution is -1.95. The van der Waals surface area contributed by atoms with E-state index in [1.165, 1.54) is 0 Å². The number of fused-ring (bicyclic) bond motifs is 2. The topological polar surface area (TPSA) is 0 Å². The molecular formula is C22H16F2. The molecule has 0 radical (unpaired) electrons. The number of halogens is 2. The van der Waals surface area contributed by atoms with E-state index in [0.717, 1.165) is 32.7 Å². The summed E-state index contributed by atoms with van der Waals surface area (Å²) in [6.45, 7) is -1.15. The molecule has 0 heterocycles. The van der Waals surface area contributed by atoms with Crippen LogP contribution in [-0.2, 0) is 13.3 Å². The first-order valence-electron chi connectivity index (χ1n) is 7.97. The second-order valence-corrected chi connectivity index (χ2v) is 5.91. The Labute approximate surface area is 139 Å². The molecule has 0 atom stereocenters. The van der Waals surface area contributed by atoms with Crippen molar-refractivity contribution in [2.45, 2.75) is 13.3 Å². The Morgan fingerprint density at radius 1 is 0.500 bits per heavy atom. The molecule has 0 aliphatic rings. The normalized spacial score (nSPS) is 11.2. The summed E-state index contributed by atoms with van der Waals surface area (Å²) in [5.41, 5.74) is 2.81. The van der Waals surface area contributed by atoms with Crippen molar-refractivity contribution in [3.63, 3.8) is 0 Å². The van der Waals surface area contributed by atoms with Gasteiger partial charge in [-0.15, -0.1) is 0 Å². The van der Waals surface area contributed by atoms with Crippen molar-refractivity contribution in [2.24, 2.45) is 0 Å². The van der Waals surface area contributed by atoms with Crippen LogP contribution in [0.25, 0.3) is 32.7 Å². The lowest BCUT2D eigenvalue weighted by atomic mass is 9.87. The van der Waals surface area contributed by atoms with Crippen molar-refractivity contribution in [3.05, 3.63) is 83.9 Å². The van der Waals surface area contributed by atoms with Crippen LogP contribution in [0.3, 0.4) is 0 Å². The maximum Gasteiger partial charge on any atom is 0.115 e. The molecule has 0 nitrogen and oxygen atoms in total. The quantitative estimate of drug-likeness (QED) is 0.399. The molecule has 0 spiro atoms. The third-order valence-electron chi connectivity index (χ3n) is 4.57. The van der Waals surface area contributed by atoms with Crippen molar-refractivity contribution in [2.75, 3.05) is 0 Å². The molecule has 0 unspecified atom stereocenters. The summed E-state index contributed by atoms with van der Waals surface area (Å²) in [6, 6.07) is 23.2. The highest BCUT2D eigenvalue weighted by Crippen LogP contribution is 2.39. The van der Waals surface area contributed by atoms with Crippen LogP contribution in [-0.4, -0.2) is 0 Å². The SMILES string of the molecule is FCc1ccc2ccccc2c1-c1c(CF)ccc2ccccc12. The van der Waals surface area contributed by atoms with E-state index in [9.17, 15) is 8.78 Å². The van der Waals surface area contributed by atoms with Crippen molar-refractivity contribution in [1.82, 2.24) is 0 Å². The van der Waals surface area contributed by atoms with Crippen LogP contribution in [0.15, 0.2) is 72.8 Å². The zero-order valence-corrected chi connectivity index (χ0v) is 13.1. The van der Waals surface area contributed by atoms with E-state index in [1.807, 2.05) is 60.7 Å². The summed E-state index contributed by atoms with van der Waals surface area (Å²) in [4.78, 5) is 0. The molecule has 0 amide bonds. The zero-order valence-electron chi connectivity index (χ0n) is 13.1. The molecule has 4 aromatic carbocycles. The monoisotopic (exact) mass is 318 g/mol. The minimum atomic E-state index is -0.574. The lowest BCUT2D eigenvalue weighted by Gasteiger charge is -2.17. The molecule has 0 bridgehead atoms. The van der Waals surface area contributed by atoms with Crippen LogP contribution < -0.4 is 0 Å². The van der Waals surface area contributed by atoms with Gasteiger partial charge in [-0.2, -0.15) is 0 Å². The predicted octanol–water partition coefficient (Wildman–Crippen LogP) is 6.60. The summed E-state index contributed by atoms with van der Waals surface area (Å²) >= 11 is 0. The van der Waals surface area contributed by atoms with Crippen LogP contribution in [0, 0.1) is 0 Å². The smallest absolute Gasteiger partial charge is 0.115 e. The third kappa shape index (κ3) is 2.26. The van der Waals surface area contributed by atoms with Gasteiger partial charge in [0, 0.05) is 0 Å². The second kappa shape index (κ2) is 6.04. The van der Waals surface area contributed by atoms with E-state index in [4.69, 9.17) is 0 Å². The summed E-state index contributed by atoms with van der Waals surface area (Å²) in [5, 5.41) is 3.97. The Hall–Kier alpha value is -2.74. The van der Waals surface area contributed by atoms with Crippen LogP contribution in [0.4, 0.5) is 8.78 Å². The first-order chi connectivity index (χ1) is 11.8. The minimum absolute atomic E-state index is 0.574. The average Bonchev–Trinajstić information content (AvgIpc) is 2.66. The van der Waals surface area contributed by atoms with Crippen molar-refractivity contribution < 1.29 is 8.78 Å². The van der Waals surface area contributed by atoms with E-state index in [2.05, 4.69) is 0 Å². The van der Waals surface area contributed by atoms with Gasteiger partial charge in [-0.25, -0.2) is 8.78 Å². The van der Waals surface area contributed by atoms with Gasteiger partial charge in [0.25, 0.3) is 0 Å². The maximum absolute atomic E-state index is 13.7. The summed E-state index contributed by atoms with van der Waals surface area (Å²) < 4.78 is 27.5. The maximum atomic E-state index is 13.7. The third-order valence-corrected chi connectivity index (χ3v) is 4.57. The standard InChI is InChI=1S/C22H16F2/c23-13-17-11-9-15-5-1-3-7-19(15)21(17)22-18(14-24)12-10-16-6-2-4-8-20(16)22/h1-12H,13-14H2. The summed E-state index contributed by atoms with van der Waals surface area (Å²) in [5.74, 6) is 0. The number of benzene rings is 4. The molecule has 0 aliphatic carbocycles. The first kappa shape index (κ1) is 14.8. The summed E-state index contributed by atoms with van der Waals surface area (Å²) in [6.07, 6.45) is 0. The van der Waals surface area contributed by atoms with E-state index in [0.29, 0.717) is 11.1 Å². The van der Waals surface area contributed by atoms with Gasteiger partial charge in [-0.05, 0) is 43.8 Å². The molecular weight excluding hydrogens is 302 g/mol. The summed E-state index contributed by atoms with van der Waals surface area (Å²) in [7, 11) is 0. The highest BCUT2D eigenvalue weighted by atomic mass is 19.1. The molecule has 0 saturated heterocycles. The van der Waals surface area contributed by atoms with Gasteiger partial charge in [0.1, 0.15) is 13.3 Å². The van der Waals surface area contributed by atoms with E-state index in [-0.39, 0.29) is 0 Å². The Kier molecular flexibility index (Phi) is 3.73. The predicted molar refractivity (Wildman–Crippen MR) is 96.5 cm³/mol. The number of hydrogen-bond donors (Lipinski definition) is 0. The number of alkyl halides is 2. The molecule has 0 aromatic heterocycles. The molecule has 4 aromatic rings. The molecule has 0 saturated carbocycles. The second-order valence-electron chi connectivity index (χ2n) is 5.91. The van der Waals surface area contributed by atoms with Crippen LogP contribution in [0.5, 0.6) is 0 Å². The van der Waals surface area contributed by atoms with Crippen molar-refractivity contribution in [1.29, 1.82) is 0 Å². The fourth-order valence-electron chi connectivity index (χ4n) is 3.45. The van der Waals surface area contributed by atoms with Gasteiger partial charge in [-0.3, -0.25) is 0 Å². The van der Waals surface area contributed by atoms with Gasteiger partial charge in [0.15, 0.2) is 0 Å². The van der Waals surface area contributed by atoms with Crippen LogP contribution in [0.2, 0.25) is 0 Å². The van der Waals surface area contributed by atoms with Gasteiger partial charge >= 0.3 is 0 Å². The Balaban J connectivity index is 2.21. The fourth-order valence-corrected chi connectivity index (χ4v) is 3.45. The van der Waals surface area contributed by atoms with Crippen molar-refractivity contribution >= 4 is 21.5 Å². The van der Waals surface area contributed by atoms with Crippen LogP contribution in [0.1, 0.15) is 11.1 Å². The van der Waals surface area contributed by atoms with E-state index < -0.39 is 13.3 Å². The Bertz CT molecular complexity index is 949. The van der Waals surface area contributed by atoms with Crippen LogP contribution >= 0.6 is 0 Å². The largest absolute Gasteiger partial charge is 0.246 e. The zero-order chi connectivity index (χ0) is 16.5. The minimum Gasteiger partial charge on any atom is -0.246 e. The number of hydrogen-bond acceptors (Lipinski definition) is 0. The molecule has 0 N–H and O–H groups in total. The van der Waals surface area contributed by atoms with Gasteiger partial charge in [0.2, 0.25) is 0 Å². The Morgan fingerprint density at radius 2 is 0.917 bits per heavy atom. The molecule has 24 heavy (non-hydrogen) atoms. The molecule has 4 rings (SSSR count). The first-order valence-corrected chi connectivity index (χ1v) is 7.97. The molecule has 118 valence electrons. The number of rotatable bonds is 3. The van der Waals surface area contributed by atoms with Gasteiger partial charge in [0.05, 0.1) is 0 Å². The van der Waals surface area contributed by atoms with Crippen molar-refractivity contribution in [3.8, 4) is 11.1 Å². The average molecular weight is 318 g/mol. The highest BCUT2D eigenvalue weighted by molar-refractivity contribution is 6.07. The lowest BCUT2D eigenvalue weighted by molar-refractivity contribution is 0.483. The highest BCUT2D eigenvalue weighted by Gasteiger charge is 2.16. The molecule has 2 heteroatoms. The fraction of sp³-hybridized carbons (Fsp3) is 0.0909. The Morgan fingerprint density at radius 3 is 1.33 bits per heavy atom. The van der Waals surface area contributed by atoms with Gasteiger partial charge in [-0.1, -0.05) is 72.8 Å². The van der Waals surface area contributed by atoms with E-state index in [1.54, 1.807) is 12.1 Å². The van der Waals surface area contributed by atoms with Gasteiger partial charge < -0.3 is 0 Å². The van der Waals surface area contributed by atoms with E-state index >= 15 is 0 Å². The molecule has 0 aliphatic heterocycles.